The number of unbranched alkanes of at least 4 members (excludes halogenated alkanes) is 1. The van der Waals surface area contributed by atoms with Gasteiger partial charge in [-0.25, -0.2) is 9.97 Å². The van der Waals surface area contributed by atoms with Crippen molar-refractivity contribution < 1.29 is 34.3 Å². The van der Waals surface area contributed by atoms with Gasteiger partial charge in [-0.15, -0.1) is 5.10 Å². The molecule has 0 aliphatic heterocycles. The number of rotatable bonds is 13. The zero-order chi connectivity index (χ0) is 38.0. The lowest BCUT2D eigenvalue weighted by Gasteiger charge is -2.14. The SMILES string of the molecule is O=c1c2ccccc2nc(-c2cccc(OS(=O)(=O)O)c2)n1CCCCn1cc(Cn2c(-c3cccc(OS(=O)(=O)O)c3)nc3ccccc3c2=O)nn1. The molecule has 3 heterocycles. The van der Waals surface area contributed by atoms with E-state index in [0.29, 0.717) is 58.0 Å². The van der Waals surface area contributed by atoms with Crippen molar-refractivity contribution in [2.45, 2.75) is 32.5 Å². The molecule has 0 atom stereocenters. The van der Waals surface area contributed by atoms with Gasteiger partial charge in [0.15, 0.2) is 0 Å². The summed E-state index contributed by atoms with van der Waals surface area (Å²) in [5.74, 6) is 0.153. The van der Waals surface area contributed by atoms with Gasteiger partial charge in [-0.05, 0) is 61.4 Å². The average Bonchev–Trinajstić information content (AvgIpc) is 3.58. The Morgan fingerprint density at radius 1 is 0.611 bits per heavy atom. The monoisotopic (exact) mass is 771 g/mol. The molecular formula is C35H29N7O10S2. The summed E-state index contributed by atoms with van der Waals surface area (Å²) >= 11 is 0. The number of aryl methyl sites for hydroxylation is 1. The molecule has 0 aliphatic rings. The zero-order valence-electron chi connectivity index (χ0n) is 28.0. The maximum Gasteiger partial charge on any atom is 0.446 e. The van der Waals surface area contributed by atoms with E-state index in [9.17, 15) is 31.0 Å². The quantitative estimate of drug-likeness (QED) is 0.125. The van der Waals surface area contributed by atoms with Crippen LogP contribution in [0.2, 0.25) is 0 Å². The van der Waals surface area contributed by atoms with Crippen LogP contribution >= 0.6 is 0 Å². The Kier molecular flexibility index (Phi) is 9.77. The molecule has 0 aliphatic carbocycles. The van der Waals surface area contributed by atoms with E-state index in [1.54, 1.807) is 71.5 Å². The van der Waals surface area contributed by atoms with Crippen LogP contribution in [-0.4, -0.2) is 60.0 Å². The number of para-hydroxylation sites is 2. The van der Waals surface area contributed by atoms with E-state index >= 15 is 0 Å². The van der Waals surface area contributed by atoms with E-state index in [0.717, 1.165) is 0 Å². The smallest absolute Gasteiger partial charge is 0.362 e. The first-order valence-corrected chi connectivity index (χ1v) is 19.0. The largest absolute Gasteiger partial charge is 0.446 e. The molecule has 0 radical (unpaired) electrons. The van der Waals surface area contributed by atoms with E-state index < -0.39 is 20.8 Å². The van der Waals surface area contributed by atoms with Gasteiger partial charge in [0.2, 0.25) is 0 Å². The molecule has 0 unspecified atom stereocenters. The van der Waals surface area contributed by atoms with Crippen molar-refractivity contribution in [2.75, 3.05) is 0 Å². The molecule has 0 spiro atoms. The minimum absolute atomic E-state index is 0.0305. The third kappa shape index (κ3) is 8.18. The predicted molar refractivity (Wildman–Crippen MR) is 196 cm³/mol. The third-order valence-electron chi connectivity index (χ3n) is 8.24. The Bertz CT molecular complexity index is 2890. The maximum absolute atomic E-state index is 13.7. The van der Waals surface area contributed by atoms with Crippen LogP contribution in [0.5, 0.6) is 11.5 Å². The van der Waals surface area contributed by atoms with Crippen molar-refractivity contribution in [1.29, 1.82) is 0 Å². The van der Waals surface area contributed by atoms with Gasteiger partial charge in [-0.2, -0.15) is 16.8 Å². The minimum atomic E-state index is -4.79. The van der Waals surface area contributed by atoms with Gasteiger partial charge in [0, 0.05) is 24.2 Å². The summed E-state index contributed by atoms with van der Waals surface area (Å²) < 4.78 is 77.4. The van der Waals surface area contributed by atoms with E-state index in [-0.39, 0.29) is 47.4 Å². The Morgan fingerprint density at radius 2 is 1.11 bits per heavy atom. The van der Waals surface area contributed by atoms with Crippen molar-refractivity contribution in [3.8, 4) is 34.3 Å². The number of hydrogen-bond acceptors (Lipinski definition) is 12. The van der Waals surface area contributed by atoms with E-state index in [4.69, 9.17) is 4.55 Å². The molecule has 54 heavy (non-hydrogen) atoms. The summed E-state index contributed by atoms with van der Waals surface area (Å²) in [6.45, 7) is 0.624. The fourth-order valence-corrected chi connectivity index (χ4v) is 6.67. The second kappa shape index (κ2) is 14.6. The Morgan fingerprint density at radius 3 is 1.67 bits per heavy atom. The number of fused-ring (bicyclic) bond motifs is 2. The summed E-state index contributed by atoms with van der Waals surface area (Å²) in [6, 6.07) is 25.3. The van der Waals surface area contributed by atoms with Gasteiger partial charge < -0.3 is 8.37 Å². The Labute approximate surface area is 306 Å². The number of aromatic nitrogens is 7. The molecule has 0 fully saturated rings. The van der Waals surface area contributed by atoms with Gasteiger partial charge in [0.1, 0.15) is 28.8 Å². The van der Waals surface area contributed by atoms with Crippen molar-refractivity contribution in [3.63, 3.8) is 0 Å². The molecule has 7 rings (SSSR count). The highest BCUT2D eigenvalue weighted by molar-refractivity contribution is 7.81. The first-order chi connectivity index (χ1) is 25.8. The normalized spacial score (nSPS) is 12.0. The van der Waals surface area contributed by atoms with Gasteiger partial charge in [0.25, 0.3) is 11.1 Å². The van der Waals surface area contributed by atoms with Crippen LogP contribution in [0, 0.1) is 0 Å². The van der Waals surface area contributed by atoms with Crippen molar-refractivity contribution in [3.05, 3.63) is 130 Å². The van der Waals surface area contributed by atoms with Crippen LogP contribution in [-0.2, 0) is 40.4 Å². The molecule has 0 bridgehead atoms. The fourth-order valence-electron chi connectivity index (χ4n) is 5.97. The van der Waals surface area contributed by atoms with Crippen LogP contribution in [0.15, 0.2) is 113 Å². The highest BCUT2D eigenvalue weighted by Gasteiger charge is 2.18. The minimum Gasteiger partial charge on any atom is -0.362 e. The van der Waals surface area contributed by atoms with Crippen LogP contribution < -0.4 is 19.5 Å². The predicted octanol–water partition coefficient (Wildman–Crippen LogP) is 3.92. The zero-order valence-corrected chi connectivity index (χ0v) is 29.6. The van der Waals surface area contributed by atoms with Gasteiger partial charge >= 0.3 is 20.8 Å². The molecule has 0 saturated heterocycles. The van der Waals surface area contributed by atoms with Crippen LogP contribution in [0.4, 0.5) is 0 Å². The van der Waals surface area contributed by atoms with E-state index in [1.807, 2.05) is 0 Å². The molecule has 276 valence electrons. The fraction of sp³-hybridized carbons (Fsp3) is 0.143. The van der Waals surface area contributed by atoms with Gasteiger partial charge in [-0.3, -0.25) is 32.5 Å². The lowest BCUT2D eigenvalue weighted by atomic mass is 10.1. The van der Waals surface area contributed by atoms with Crippen molar-refractivity contribution in [1.82, 2.24) is 34.1 Å². The topological polar surface area (TPSA) is 228 Å². The van der Waals surface area contributed by atoms with Crippen molar-refractivity contribution >= 4 is 42.6 Å². The summed E-state index contributed by atoms with van der Waals surface area (Å²) in [5.41, 5.74) is 1.39. The molecule has 0 amide bonds. The van der Waals surface area contributed by atoms with Gasteiger partial charge in [0.05, 0.1) is 34.5 Å². The molecule has 0 saturated carbocycles. The lowest BCUT2D eigenvalue weighted by Crippen LogP contribution is -2.24. The lowest BCUT2D eigenvalue weighted by molar-refractivity contribution is 0.384. The average molecular weight is 772 g/mol. The number of hydrogen-bond donors (Lipinski definition) is 2. The maximum atomic E-state index is 13.7. The number of nitrogens with zero attached hydrogens (tertiary/aromatic N) is 7. The molecular weight excluding hydrogens is 743 g/mol. The molecule has 4 aromatic carbocycles. The third-order valence-corrected chi connectivity index (χ3v) is 9.04. The highest BCUT2D eigenvalue weighted by atomic mass is 32.3. The second-order valence-corrected chi connectivity index (χ2v) is 14.1. The first kappa shape index (κ1) is 36.1. The molecule has 7 aromatic rings. The molecule has 17 nitrogen and oxygen atoms in total. The summed E-state index contributed by atoms with van der Waals surface area (Å²) in [7, 11) is -9.57. The Balaban J connectivity index is 1.11. The summed E-state index contributed by atoms with van der Waals surface area (Å²) in [4.78, 5) is 36.7. The summed E-state index contributed by atoms with van der Waals surface area (Å²) in [6.07, 6.45) is 2.74. The van der Waals surface area contributed by atoms with Crippen molar-refractivity contribution in [2.24, 2.45) is 0 Å². The Hall–Kier alpha value is -6.28. The standard InChI is InChI=1S/C35H29N7O10S2/c43-34-28-13-1-3-15-30(28)36-32(23-9-7-11-26(19-23)51-53(45,46)47)41(34)18-6-5-17-40-21-25(38-39-40)22-42-33(37-31-16-4-2-14-29(31)35(42)44)24-10-8-12-27(20-24)52-54(48,49)50/h1-4,7-16,19-21H,5-6,17-18,22H2,(H,45,46,47)(H,48,49,50). The first-order valence-electron chi connectivity index (χ1n) is 16.2. The second-order valence-electron chi connectivity index (χ2n) is 12.0. The molecule has 19 heteroatoms. The number of benzene rings is 4. The van der Waals surface area contributed by atoms with Crippen LogP contribution in [0.1, 0.15) is 18.5 Å². The van der Waals surface area contributed by atoms with E-state index in [1.165, 1.54) is 45.5 Å². The summed E-state index contributed by atoms with van der Waals surface area (Å²) in [5, 5.41) is 9.24. The van der Waals surface area contributed by atoms with E-state index in [2.05, 4.69) is 28.6 Å². The van der Waals surface area contributed by atoms with Gasteiger partial charge in [-0.1, -0.05) is 53.7 Å². The highest BCUT2D eigenvalue weighted by Crippen LogP contribution is 2.26. The molecule has 2 N–H and O–H groups in total. The molecule has 3 aromatic heterocycles. The van der Waals surface area contributed by atoms with Crippen LogP contribution in [0.3, 0.4) is 0 Å². The van der Waals surface area contributed by atoms with Crippen LogP contribution in [0.25, 0.3) is 44.6 Å².